The fraction of sp³-hybridized carbons (Fsp3) is 0.316. The normalized spacial score (nSPS) is 13.3. The van der Waals surface area contributed by atoms with E-state index in [1.165, 1.54) is 7.11 Å². The summed E-state index contributed by atoms with van der Waals surface area (Å²) >= 11 is 4.22. The van der Waals surface area contributed by atoms with Crippen molar-refractivity contribution in [1.29, 1.82) is 0 Å². The van der Waals surface area contributed by atoms with Gasteiger partial charge in [-0.2, -0.15) is 0 Å². The molecule has 0 aliphatic rings. The van der Waals surface area contributed by atoms with E-state index in [0.717, 1.165) is 9.99 Å². The molecule has 1 N–H and O–H groups in total. The number of aromatic nitrogens is 3. The highest BCUT2D eigenvalue weighted by Crippen LogP contribution is 2.36. The standard InChI is InChI=1S/C19H19I2N3O4/c1-4-10(2)15(19(26)27-3)24-7-5-6-14(24)18-23-22-17(28-18)12-8-11(20)9-13(21)16(12)25/h5-10,15,25H,4H2,1-3H3/t10-,15-/m0/s1. The average Bonchev–Trinajstić information content (AvgIpc) is 3.33. The van der Waals surface area contributed by atoms with Gasteiger partial charge in [0.2, 0.25) is 0 Å². The first-order valence-corrected chi connectivity index (χ1v) is 10.8. The van der Waals surface area contributed by atoms with Gasteiger partial charge in [0.1, 0.15) is 17.5 Å². The SMILES string of the molecule is CC[C@H](C)[C@@H](C(=O)OC)n1cccc1-c1nnc(-c2cc(I)cc(I)c2O)o1. The highest BCUT2D eigenvalue weighted by Gasteiger charge is 2.29. The zero-order valence-electron chi connectivity index (χ0n) is 15.5. The minimum absolute atomic E-state index is 0.0577. The van der Waals surface area contributed by atoms with Crippen LogP contribution in [0.2, 0.25) is 0 Å². The number of phenols is 1. The van der Waals surface area contributed by atoms with Crippen LogP contribution in [0, 0.1) is 13.1 Å². The van der Waals surface area contributed by atoms with Crippen LogP contribution in [0.15, 0.2) is 34.9 Å². The molecule has 0 amide bonds. The van der Waals surface area contributed by atoms with E-state index in [2.05, 4.69) is 55.4 Å². The first-order chi connectivity index (χ1) is 13.4. The number of halogens is 2. The summed E-state index contributed by atoms with van der Waals surface area (Å²) in [6.45, 7) is 4.02. The highest BCUT2D eigenvalue weighted by atomic mass is 127. The second-order valence-electron chi connectivity index (χ2n) is 6.35. The average molecular weight is 607 g/mol. The Kier molecular flexibility index (Phi) is 6.63. The topological polar surface area (TPSA) is 90.4 Å². The van der Waals surface area contributed by atoms with Gasteiger partial charge in [0, 0.05) is 9.77 Å². The number of nitrogens with zero attached hydrogens (tertiary/aromatic N) is 3. The Morgan fingerprint density at radius 3 is 2.71 bits per heavy atom. The molecule has 9 heteroatoms. The molecule has 0 fully saturated rings. The molecule has 1 aromatic carbocycles. The van der Waals surface area contributed by atoms with Crippen molar-refractivity contribution in [1.82, 2.24) is 14.8 Å². The number of carbonyl (C=O) groups is 1. The third-order valence-corrected chi connectivity index (χ3v) is 6.05. The van der Waals surface area contributed by atoms with Gasteiger partial charge in [-0.25, -0.2) is 4.79 Å². The fourth-order valence-electron chi connectivity index (χ4n) is 2.95. The second kappa shape index (κ2) is 8.80. The fourth-order valence-corrected chi connectivity index (χ4v) is 4.79. The number of rotatable bonds is 6. The van der Waals surface area contributed by atoms with Gasteiger partial charge in [-0.05, 0) is 75.4 Å². The van der Waals surface area contributed by atoms with Crippen molar-refractivity contribution in [3.8, 4) is 28.8 Å². The van der Waals surface area contributed by atoms with E-state index in [9.17, 15) is 9.90 Å². The number of aromatic hydroxyl groups is 1. The van der Waals surface area contributed by atoms with E-state index in [0.29, 0.717) is 14.8 Å². The van der Waals surface area contributed by atoms with Crippen molar-refractivity contribution in [2.45, 2.75) is 26.3 Å². The maximum atomic E-state index is 12.4. The Morgan fingerprint density at radius 2 is 2.04 bits per heavy atom. The Bertz CT molecular complexity index is 999. The first kappa shape index (κ1) is 21.1. The molecule has 0 radical (unpaired) electrons. The minimum Gasteiger partial charge on any atom is -0.506 e. The monoisotopic (exact) mass is 607 g/mol. The maximum absolute atomic E-state index is 12.4. The van der Waals surface area contributed by atoms with Crippen LogP contribution in [0.3, 0.4) is 0 Å². The number of hydrogen-bond acceptors (Lipinski definition) is 6. The summed E-state index contributed by atoms with van der Waals surface area (Å²) in [7, 11) is 1.38. The maximum Gasteiger partial charge on any atom is 0.329 e. The number of esters is 1. The zero-order valence-corrected chi connectivity index (χ0v) is 19.8. The lowest BCUT2D eigenvalue weighted by Crippen LogP contribution is -2.26. The van der Waals surface area contributed by atoms with Crippen molar-refractivity contribution in [2.24, 2.45) is 5.92 Å². The number of benzene rings is 1. The number of ether oxygens (including phenoxy) is 1. The van der Waals surface area contributed by atoms with Crippen LogP contribution < -0.4 is 0 Å². The molecule has 7 nitrogen and oxygen atoms in total. The second-order valence-corrected chi connectivity index (χ2v) is 8.76. The van der Waals surface area contributed by atoms with E-state index in [4.69, 9.17) is 9.15 Å². The smallest absolute Gasteiger partial charge is 0.329 e. The van der Waals surface area contributed by atoms with Crippen molar-refractivity contribution in [2.75, 3.05) is 7.11 Å². The molecule has 0 unspecified atom stereocenters. The number of phenolic OH excluding ortho intramolecular Hbond substituents is 1. The molecule has 2 atom stereocenters. The quantitative estimate of drug-likeness (QED) is 0.318. The van der Waals surface area contributed by atoms with Gasteiger partial charge >= 0.3 is 5.97 Å². The van der Waals surface area contributed by atoms with E-state index >= 15 is 0 Å². The van der Waals surface area contributed by atoms with E-state index in [-0.39, 0.29) is 29.4 Å². The lowest BCUT2D eigenvalue weighted by atomic mass is 9.99. The Morgan fingerprint density at radius 1 is 1.32 bits per heavy atom. The summed E-state index contributed by atoms with van der Waals surface area (Å²) in [5.74, 6) is 0.317. The highest BCUT2D eigenvalue weighted by molar-refractivity contribution is 14.1. The summed E-state index contributed by atoms with van der Waals surface area (Å²) in [5, 5.41) is 18.6. The number of carbonyl (C=O) groups excluding carboxylic acids is 1. The van der Waals surface area contributed by atoms with Crippen LogP contribution in [0.25, 0.3) is 23.0 Å². The van der Waals surface area contributed by atoms with Gasteiger partial charge in [0.15, 0.2) is 0 Å². The summed E-state index contributed by atoms with van der Waals surface area (Å²) < 4.78 is 14.3. The minimum atomic E-state index is -0.498. The van der Waals surface area contributed by atoms with Crippen molar-refractivity contribution in [3.05, 3.63) is 37.6 Å². The van der Waals surface area contributed by atoms with Crippen LogP contribution in [0.5, 0.6) is 5.75 Å². The summed E-state index contributed by atoms with van der Waals surface area (Å²) in [5.41, 5.74) is 1.09. The Balaban J connectivity index is 2.04. The third-order valence-electron chi connectivity index (χ3n) is 4.61. The number of methoxy groups -OCH3 is 1. The van der Waals surface area contributed by atoms with Gasteiger partial charge in [-0.15, -0.1) is 10.2 Å². The zero-order chi connectivity index (χ0) is 20.4. The molecular formula is C19H19I2N3O4. The molecule has 148 valence electrons. The van der Waals surface area contributed by atoms with Crippen LogP contribution in [-0.4, -0.2) is 33.0 Å². The molecule has 0 aliphatic heterocycles. The van der Waals surface area contributed by atoms with Crippen molar-refractivity contribution < 1.29 is 19.1 Å². The molecule has 0 aliphatic carbocycles. The third kappa shape index (κ3) is 4.04. The summed E-state index contributed by atoms with van der Waals surface area (Å²) in [6.07, 6.45) is 2.61. The summed E-state index contributed by atoms with van der Waals surface area (Å²) in [4.78, 5) is 12.4. The van der Waals surface area contributed by atoms with Gasteiger partial charge in [0.25, 0.3) is 11.8 Å². The van der Waals surface area contributed by atoms with Gasteiger partial charge in [-0.1, -0.05) is 20.3 Å². The molecule has 28 heavy (non-hydrogen) atoms. The van der Waals surface area contributed by atoms with Crippen LogP contribution in [0.1, 0.15) is 26.3 Å². The predicted octanol–water partition coefficient (Wildman–Crippen LogP) is 4.88. The molecule has 3 rings (SSSR count). The van der Waals surface area contributed by atoms with E-state index < -0.39 is 6.04 Å². The Hall–Kier alpha value is -1.63. The van der Waals surface area contributed by atoms with E-state index in [1.54, 1.807) is 16.8 Å². The molecule has 2 aromatic heterocycles. The summed E-state index contributed by atoms with van der Waals surface area (Å²) in [6, 6.07) is 6.78. The van der Waals surface area contributed by atoms with Crippen LogP contribution in [-0.2, 0) is 9.53 Å². The van der Waals surface area contributed by atoms with E-state index in [1.807, 2.05) is 32.0 Å². The van der Waals surface area contributed by atoms with Crippen molar-refractivity contribution in [3.63, 3.8) is 0 Å². The van der Waals surface area contributed by atoms with Crippen LogP contribution >= 0.6 is 45.2 Å². The van der Waals surface area contributed by atoms with Crippen LogP contribution in [0.4, 0.5) is 0 Å². The van der Waals surface area contributed by atoms with Gasteiger partial charge < -0.3 is 18.8 Å². The Labute approximate surface area is 189 Å². The lowest BCUT2D eigenvalue weighted by Gasteiger charge is -2.23. The lowest BCUT2D eigenvalue weighted by molar-refractivity contribution is -0.146. The van der Waals surface area contributed by atoms with Crippen molar-refractivity contribution >= 4 is 51.2 Å². The van der Waals surface area contributed by atoms with Gasteiger partial charge in [0.05, 0.1) is 16.2 Å². The molecule has 0 spiro atoms. The molecule has 0 saturated heterocycles. The molecule has 2 heterocycles. The molecule has 0 saturated carbocycles. The number of hydrogen-bond donors (Lipinski definition) is 1. The van der Waals surface area contributed by atoms with Gasteiger partial charge in [-0.3, -0.25) is 0 Å². The first-order valence-electron chi connectivity index (χ1n) is 8.64. The largest absolute Gasteiger partial charge is 0.506 e. The molecule has 0 bridgehead atoms. The molecular weight excluding hydrogens is 588 g/mol. The molecule has 3 aromatic rings. The predicted molar refractivity (Wildman–Crippen MR) is 121 cm³/mol.